The van der Waals surface area contributed by atoms with E-state index >= 15 is 0 Å². The zero-order valence-electron chi connectivity index (χ0n) is 8.68. The smallest absolute Gasteiger partial charge is 0.323 e. The standard InChI is InChI=1S/C9H16N4O/c1-3-6-12(7-4-2)9(14)13-8-5-10-11-13/h5,8H,3-4,6-7H2,1-2H3. The van der Waals surface area contributed by atoms with Gasteiger partial charge in [-0.05, 0) is 12.8 Å². The number of amides is 1. The summed E-state index contributed by atoms with van der Waals surface area (Å²) in [6, 6.07) is -0.0915. The van der Waals surface area contributed by atoms with Crippen molar-refractivity contribution in [2.45, 2.75) is 26.7 Å². The summed E-state index contributed by atoms with van der Waals surface area (Å²) >= 11 is 0. The molecule has 14 heavy (non-hydrogen) atoms. The molecule has 1 rings (SSSR count). The molecule has 1 amide bonds. The molecule has 0 saturated carbocycles. The van der Waals surface area contributed by atoms with Gasteiger partial charge in [-0.2, -0.15) is 4.68 Å². The third-order valence-corrected chi connectivity index (χ3v) is 1.88. The van der Waals surface area contributed by atoms with Crippen molar-refractivity contribution in [1.29, 1.82) is 0 Å². The Kier molecular flexibility index (Phi) is 4.10. The van der Waals surface area contributed by atoms with Gasteiger partial charge in [-0.3, -0.25) is 0 Å². The van der Waals surface area contributed by atoms with Gasteiger partial charge in [0, 0.05) is 13.1 Å². The number of hydrogen-bond donors (Lipinski definition) is 0. The van der Waals surface area contributed by atoms with Crippen LogP contribution in [0.2, 0.25) is 0 Å². The number of aromatic nitrogens is 3. The van der Waals surface area contributed by atoms with Gasteiger partial charge < -0.3 is 4.90 Å². The quantitative estimate of drug-likeness (QED) is 0.730. The third kappa shape index (κ3) is 2.55. The Balaban J connectivity index is 2.63. The van der Waals surface area contributed by atoms with E-state index in [1.165, 1.54) is 10.9 Å². The molecule has 0 radical (unpaired) electrons. The lowest BCUT2D eigenvalue weighted by atomic mass is 10.4. The van der Waals surface area contributed by atoms with Crippen molar-refractivity contribution in [3.05, 3.63) is 12.4 Å². The minimum Gasteiger partial charge on any atom is -0.323 e. The number of carbonyl (C=O) groups is 1. The highest BCUT2D eigenvalue weighted by Gasteiger charge is 2.13. The Bertz CT molecular complexity index is 264. The van der Waals surface area contributed by atoms with Crippen LogP contribution in [0.1, 0.15) is 26.7 Å². The first-order chi connectivity index (χ1) is 6.79. The van der Waals surface area contributed by atoms with E-state index in [-0.39, 0.29) is 6.03 Å². The maximum atomic E-state index is 11.8. The van der Waals surface area contributed by atoms with Crippen LogP contribution >= 0.6 is 0 Å². The topological polar surface area (TPSA) is 51.0 Å². The maximum absolute atomic E-state index is 11.8. The highest BCUT2D eigenvalue weighted by molar-refractivity contribution is 5.75. The van der Waals surface area contributed by atoms with Gasteiger partial charge in [0.25, 0.3) is 0 Å². The molecule has 0 saturated heterocycles. The fraction of sp³-hybridized carbons (Fsp3) is 0.667. The number of rotatable bonds is 4. The van der Waals surface area contributed by atoms with Crippen LogP contribution in [0.3, 0.4) is 0 Å². The molecule has 5 nitrogen and oxygen atoms in total. The molecule has 0 N–H and O–H groups in total. The Hall–Kier alpha value is -1.39. The van der Waals surface area contributed by atoms with Crippen molar-refractivity contribution in [2.24, 2.45) is 0 Å². The van der Waals surface area contributed by atoms with Crippen LogP contribution in [-0.4, -0.2) is 39.0 Å². The monoisotopic (exact) mass is 196 g/mol. The van der Waals surface area contributed by atoms with Gasteiger partial charge in [-0.15, -0.1) is 5.10 Å². The van der Waals surface area contributed by atoms with Gasteiger partial charge in [-0.1, -0.05) is 19.1 Å². The molecule has 0 aromatic carbocycles. The fourth-order valence-electron chi connectivity index (χ4n) is 1.30. The molecule has 0 aliphatic rings. The van der Waals surface area contributed by atoms with E-state index in [0.717, 1.165) is 25.9 Å². The van der Waals surface area contributed by atoms with Crippen LogP contribution < -0.4 is 0 Å². The van der Waals surface area contributed by atoms with Crippen LogP contribution in [0, 0.1) is 0 Å². The van der Waals surface area contributed by atoms with E-state index in [9.17, 15) is 4.79 Å². The molecule has 1 heterocycles. The number of nitrogens with zero attached hydrogens (tertiary/aromatic N) is 4. The molecule has 0 unspecified atom stereocenters. The zero-order valence-corrected chi connectivity index (χ0v) is 8.68. The van der Waals surface area contributed by atoms with Gasteiger partial charge >= 0.3 is 6.03 Å². The largest absolute Gasteiger partial charge is 0.346 e. The predicted molar refractivity (Wildman–Crippen MR) is 53.0 cm³/mol. The second-order valence-electron chi connectivity index (χ2n) is 3.12. The van der Waals surface area contributed by atoms with E-state index in [1.54, 1.807) is 11.1 Å². The summed E-state index contributed by atoms with van der Waals surface area (Å²) in [6.45, 7) is 5.65. The Morgan fingerprint density at radius 2 is 2.00 bits per heavy atom. The van der Waals surface area contributed by atoms with Gasteiger partial charge in [0.1, 0.15) is 0 Å². The van der Waals surface area contributed by atoms with Crippen molar-refractivity contribution < 1.29 is 4.79 Å². The number of carbonyl (C=O) groups excluding carboxylic acids is 1. The maximum Gasteiger partial charge on any atom is 0.346 e. The van der Waals surface area contributed by atoms with Crippen LogP contribution in [0.15, 0.2) is 12.4 Å². The van der Waals surface area contributed by atoms with Crippen LogP contribution in [-0.2, 0) is 0 Å². The molecule has 78 valence electrons. The lowest BCUT2D eigenvalue weighted by Gasteiger charge is -2.20. The molecule has 1 aromatic heterocycles. The number of hydrogen-bond acceptors (Lipinski definition) is 3. The first kappa shape index (κ1) is 10.7. The summed E-state index contributed by atoms with van der Waals surface area (Å²) in [4.78, 5) is 13.6. The van der Waals surface area contributed by atoms with Crippen molar-refractivity contribution in [3.8, 4) is 0 Å². The van der Waals surface area contributed by atoms with Gasteiger partial charge in [0.2, 0.25) is 0 Å². The highest BCUT2D eigenvalue weighted by atomic mass is 16.2. The van der Waals surface area contributed by atoms with Crippen LogP contribution in [0.5, 0.6) is 0 Å². The second kappa shape index (κ2) is 5.36. The average molecular weight is 196 g/mol. The van der Waals surface area contributed by atoms with E-state index in [2.05, 4.69) is 24.2 Å². The van der Waals surface area contributed by atoms with E-state index < -0.39 is 0 Å². The van der Waals surface area contributed by atoms with Gasteiger partial charge in [-0.25, -0.2) is 4.79 Å². The van der Waals surface area contributed by atoms with Gasteiger partial charge in [0.15, 0.2) is 0 Å². The summed E-state index contributed by atoms with van der Waals surface area (Å²) in [5.41, 5.74) is 0. The zero-order chi connectivity index (χ0) is 10.4. The first-order valence-electron chi connectivity index (χ1n) is 4.95. The fourth-order valence-corrected chi connectivity index (χ4v) is 1.30. The van der Waals surface area contributed by atoms with Crippen molar-refractivity contribution in [3.63, 3.8) is 0 Å². The Morgan fingerprint density at radius 3 is 2.43 bits per heavy atom. The lowest BCUT2D eigenvalue weighted by Crippen LogP contribution is -2.36. The molecule has 0 fully saturated rings. The Labute approximate surface area is 83.7 Å². The van der Waals surface area contributed by atoms with Crippen molar-refractivity contribution >= 4 is 6.03 Å². The first-order valence-corrected chi connectivity index (χ1v) is 4.95. The lowest BCUT2D eigenvalue weighted by molar-refractivity contribution is 0.195. The summed E-state index contributed by atoms with van der Waals surface area (Å²) in [5, 5.41) is 7.29. The van der Waals surface area contributed by atoms with Gasteiger partial charge in [0.05, 0.1) is 12.4 Å². The predicted octanol–water partition coefficient (Wildman–Crippen LogP) is 1.37. The van der Waals surface area contributed by atoms with Crippen LogP contribution in [0.4, 0.5) is 4.79 Å². The molecule has 5 heteroatoms. The third-order valence-electron chi connectivity index (χ3n) is 1.88. The summed E-state index contributed by atoms with van der Waals surface area (Å²) in [5.74, 6) is 0. The summed E-state index contributed by atoms with van der Waals surface area (Å²) in [7, 11) is 0. The highest BCUT2D eigenvalue weighted by Crippen LogP contribution is 1.98. The van der Waals surface area contributed by atoms with Crippen molar-refractivity contribution in [1.82, 2.24) is 19.9 Å². The molecule has 0 bridgehead atoms. The minimum absolute atomic E-state index is 0.0915. The molecule has 0 aliphatic carbocycles. The summed E-state index contributed by atoms with van der Waals surface area (Å²) in [6.07, 6.45) is 5.00. The Morgan fingerprint density at radius 1 is 1.36 bits per heavy atom. The SMILES string of the molecule is CCCN(CCC)C(=O)n1ccnn1. The molecule has 0 atom stereocenters. The van der Waals surface area contributed by atoms with E-state index in [1.807, 2.05) is 0 Å². The molecule has 0 aliphatic heterocycles. The molecule has 0 spiro atoms. The minimum atomic E-state index is -0.0915. The summed E-state index contributed by atoms with van der Waals surface area (Å²) < 4.78 is 1.27. The molecule has 1 aromatic rings. The van der Waals surface area contributed by atoms with Crippen LogP contribution in [0.25, 0.3) is 0 Å². The van der Waals surface area contributed by atoms with Crippen molar-refractivity contribution in [2.75, 3.05) is 13.1 Å². The molecular formula is C9H16N4O. The average Bonchev–Trinajstić information content (AvgIpc) is 2.69. The second-order valence-corrected chi connectivity index (χ2v) is 3.12. The van der Waals surface area contributed by atoms with E-state index in [0.29, 0.717) is 0 Å². The van der Waals surface area contributed by atoms with E-state index in [4.69, 9.17) is 0 Å². The normalized spacial score (nSPS) is 10.1. The molecular weight excluding hydrogens is 180 g/mol.